The maximum atomic E-state index is 5.90. The molecule has 2 aliphatic heterocycles. The number of halogens is 2. The van der Waals surface area contributed by atoms with E-state index in [-0.39, 0.29) is 0 Å². The van der Waals surface area contributed by atoms with Gasteiger partial charge in [0.2, 0.25) is 11.8 Å². The van der Waals surface area contributed by atoms with E-state index in [0.29, 0.717) is 61.6 Å². The van der Waals surface area contributed by atoms with Crippen molar-refractivity contribution in [3.63, 3.8) is 0 Å². The number of hydrogen-bond donors (Lipinski definition) is 0. The minimum Gasteiger partial charge on any atom is -0.456 e. The fourth-order valence-electron chi connectivity index (χ4n) is 2.84. The highest BCUT2D eigenvalue weighted by atomic mass is 35.5. The molecule has 0 aromatic heterocycles. The van der Waals surface area contributed by atoms with Crippen LogP contribution in [0.1, 0.15) is 11.1 Å². The van der Waals surface area contributed by atoms with Gasteiger partial charge in [-0.05, 0) is 35.4 Å². The lowest BCUT2D eigenvalue weighted by Gasteiger charge is -2.15. The van der Waals surface area contributed by atoms with Crippen molar-refractivity contribution in [2.75, 3.05) is 26.9 Å². The Morgan fingerprint density at radius 1 is 0.724 bits per heavy atom. The molecule has 4 rings (SSSR count). The number of nitrogens with zero attached hydrogens (tertiary/aromatic N) is 4. The predicted octanol–water partition coefficient (Wildman–Crippen LogP) is 3.92. The standard InChI is InChI=1S/C20H20Cl2N4O3/c21-17-5-1-15(2-6-17)9-19-23-25(13-28-19)11-27-12-26-14-29-20(24-26)10-16-3-7-18(22)8-4-16/h1-8H,9-14H2. The third-order valence-corrected chi connectivity index (χ3v) is 4.79. The van der Waals surface area contributed by atoms with Crippen LogP contribution in [0.4, 0.5) is 0 Å². The summed E-state index contributed by atoms with van der Waals surface area (Å²) in [7, 11) is 0. The van der Waals surface area contributed by atoms with E-state index in [0.717, 1.165) is 11.1 Å². The Balaban J connectivity index is 1.19. The zero-order valence-corrected chi connectivity index (χ0v) is 17.1. The van der Waals surface area contributed by atoms with Crippen LogP contribution in [0, 0.1) is 0 Å². The van der Waals surface area contributed by atoms with Gasteiger partial charge in [0, 0.05) is 10.0 Å². The normalized spacial score (nSPS) is 15.8. The van der Waals surface area contributed by atoms with Crippen molar-refractivity contribution in [3.05, 3.63) is 69.7 Å². The average Bonchev–Trinajstić information content (AvgIpc) is 3.35. The zero-order chi connectivity index (χ0) is 20.1. The van der Waals surface area contributed by atoms with Crippen molar-refractivity contribution >= 4 is 35.0 Å². The van der Waals surface area contributed by atoms with Crippen molar-refractivity contribution in [1.29, 1.82) is 0 Å². The van der Waals surface area contributed by atoms with Crippen LogP contribution in [-0.2, 0) is 27.1 Å². The zero-order valence-electron chi connectivity index (χ0n) is 15.6. The quantitative estimate of drug-likeness (QED) is 0.629. The topological polar surface area (TPSA) is 58.9 Å². The number of hydrogen-bond acceptors (Lipinski definition) is 7. The Hall–Kier alpha value is -2.48. The molecule has 0 saturated heterocycles. The molecule has 2 aromatic carbocycles. The van der Waals surface area contributed by atoms with Gasteiger partial charge < -0.3 is 14.2 Å². The largest absolute Gasteiger partial charge is 0.456 e. The van der Waals surface area contributed by atoms with Crippen molar-refractivity contribution in [1.82, 2.24) is 10.0 Å². The van der Waals surface area contributed by atoms with Crippen molar-refractivity contribution in [2.24, 2.45) is 10.2 Å². The molecular weight excluding hydrogens is 415 g/mol. The van der Waals surface area contributed by atoms with E-state index >= 15 is 0 Å². The van der Waals surface area contributed by atoms with E-state index in [1.54, 1.807) is 10.0 Å². The molecule has 2 aromatic rings. The molecule has 0 unspecified atom stereocenters. The van der Waals surface area contributed by atoms with E-state index in [1.165, 1.54) is 0 Å². The summed E-state index contributed by atoms with van der Waals surface area (Å²) in [5, 5.41) is 13.7. The lowest BCUT2D eigenvalue weighted by Crippen LogP contribution is -2.25. The monoisotopic (exact) mass is 434 g/mol. The van der Waals surface area contributed by atoms with Gasteiger partial charge >= 0.3 is 0 Å². The third kappa shape index (κ3) is 5.76. The smallest absolute Gasteiger partial charge is 0.212 e. The van der Waals surface area contributed by atoms with E-state index < -0.39 is 0 Å². The van der Waals surface area contributed by atoms with Gasteiger partial charge in [0.1, 0.15) is 13.5 Å². The molecule has 7 nitrogen and oxygen atoms in total. The number of benzene rings is 2. The van der Waals surface area contributed by atoms with E-state index in [1.807, 2.05) is 48.5 Å². The molecule has 0 aliphatic carbocycles. The molecular formula is C20H20Cl2N4O3. The Bertz CT molecular complexity index is 814. The van der Waals surface area contributed by atoms with Crippen molar-refractivity contribution in [2.45, 2.75) is 12.8 Å². The molecule has 0 spiro atoms. The van der Waals surface area contributed by atoms with Gasteiger partial charge in [0.15, 0.2) is 13.5 Å². The minimum absolute atomic E-state index is 0.308. The number of hydrazone groups is 2. The Labute approximate surface area is 179 Å². The first kappa shape index (κ1) is 19.8. The molecule has 152 valence electrons. The van der Waals surface area contributed by atoms with E-state index in [2.05, 4.69) is 10.2 Å². The van der Waals surface area contributed by atoms with Crippen LogP contribution in [0.15, 0.2) is 58.7 Å². The third-order valence-electron chi connectivity index (χ3n) is 4.28. The molecule has 0 fully saturated rings. The average molecular weight is 435 g/mol. The maximum Gasteiger partial charge on any atom is 0.212 e. The second-order valence-corrected chi connectivity index (χ2v) is 7.49. The van der Waals surface area contributed by atoms with Gasteiger partial charge in [-0.15, -0.1) is 10.2 Å². The predicted molar refractivity (Wildman–Crippen MR) is 112 cm³/mol. The van der Waals surface area contributed by atoms with Gasteiger partial charge in [-0.2, -0.15) is 0 Å². The second-order valence-electron chi connectivity index (χ2n) is 6.62. The lowest BCUT2D eigenvalue weighted by molar-refractivity contribution is -0.0503. The highest BCUT2D eigenvalue weighted by Gasteiger charge is 2.18. The summed E-state index contributed by atoms with van der Waals surface area (Å²) in [4.78, 5) is 0. The molecule has 29 heavy (non-hydrogen) atoms. The van der Waals surface area contributed by atoms with Gasteiger partial charge in [-0.1, -0.05) is 47.5 Å². The highest BCUT2D eigenvalue weighted by molar-refractivity contribution is 6.30. The molecule has 2 aliphatic rings. The first-order valence-corrected chi connectivity index (χ1v) is 9.87. The summed E-state index contributed by atoms with van der Waals surface area (Å²) >= 11 is 11.8. The van der Waals surface area contributed by atoms with Crippen molar-refractivity contribution in [3.8, 4) is 0 Å². The SMILES string of the molecule is Clc1ccc(CC2=NN(COCN3COC(Cc4ccc(Cl)cc4)=N3)CO2)cc1. The summed E-state index contributed by atoms with van der Waals surface area (Å²) in [6.45, 7) is 1.35. The van der Waals surface area contributed by atoms with Gasteiger partial charge in [-0.25, -0.2) is 10.0 Å². The Morgan fingerprint density at radius 2 is 1.14 bits per heavy atom. The first-order chi connectivity index (χ1) is 14.1. The van der Waals surface area contributed by atoms with Crippen LogP contribution in [-0.4, -0.2) is 48.7 Å². The van der Waals surface area contributed by atoms with Crippen LogP contribution >= 0.6 is 23.2 Å². The minimum atomic E-state index is 0.308. The van der Waals surface area contributed by atoms with Crippen molar-refractivity contribution < 1.29 is 14.2 Å². The van der Waals surface area contributed by atoms with Gasteiger partial charge in [0.05, 0.1) is 12.8 Å². The van der Waals surface area contributed by atoms with Crippen LogP contribution in [0.5, 0.6) is 0 Å². The van der Waals surface area contributed by atoms with Crippen LogP contribution in [0.25, 0.3) is 0 Å². The van der Waals surface area contributed by atoms with Crippen LogP contribution < -0.4 is 0 Å². The summed E-state index contributed by atoms with van der Waals surface area (Å²) in [6, 6.07) is 15.3. The summed E-state index contributed by atoms with van der Waals surface area (Å²) in [5.41, 5.74) is 2.18. The van der Waals surface area contributed by atoms with Crippen LogP contribution in [0.3, 0.4) is 0 Å². The van der Waals surface area contributed by atoms with Gasteiger partial charge in [0.25, 0.3) is 0 Å². The fourth-order valence-corrected chi connectivity index (χ4v) is 3.09. The number of rotatable bonds is 8. The summed E-state index contributed by atoms with van der Waals surface area (Å²) < 4.78 is 16.9. The molecule has 0 bridgehead atoms. The number of ether oxygens (including phenoxy) is 3. The first-order valence-electron chi connectivity index (χ1n) is 9.11. The fraction of sp³-hybridized carbons (Fsp3) is 0.300. The highest BCUT2D eigenvalue weighted by Crippen LogP contribution is 2.15. The Kier molecular flexibility index (Phi) is 6.39. The molecule has 9 heteroatoms. The molecule has 0 amide bonds. The molecule has 0 radical (unpaired) electrons. The molecule has 2 heterocycles. The van der Waals surface area contributed by atoms with Crippen LogP contribution in [0.2, 0.25) is 10.0 Å². The maximum absolute atomic E-state index is 5.90. The lowest BCUT2D eigenvalue weighted by atomic mass is 10.1. The molecule has 0 saturated carbocycles. The second kappa shape index (κ2) is 9.35. The van der Waals surface area contributed by atoms with Gasteiger partial charge in [-0.3, -0.25) is 0 Å². The molecule has 0 N–H and O–H groups in total. The summed E-state index contributed by atoms with van der Waals surface area (Å²) in [5.74, 6) is 1.31. The van der Waals surface area contributed by atoms with E-state index in [9.17, 15) is 0 Å². The van der Waals surface area contributed by atoms with E-state index in [4.69, 9.17) is 37.4 Å². The Morgan fingerprint density at radius 3 is 1.55 bits per heavy atom. The summed E-state index contributed by atoms with van der Waals surface area (Å²) in [6.07, 6.45) is 1.23. The molecule has 0 atom stereocenters.